The lowest BCUT2D eigenvalue weighted by Gasteiger charge is -2.22. The summed E-state index contributed by atoms with van der Waals surface area (Å²) in [6.45, 7) is 6.05. The van der Waals surface area contributed by atoms with E-state index < -0.39 is 4.92 Å². The molecule has 0 saturated carbocycles. The number of carbonyl (C=O) groups is 1. The molecule has 4 rings (SSSR count). The molecule has 0 unspecified atom stereocenters. The number of amides is 1. The number of hydrogen-bond donors (Lipinski definition) is 0. The van der Waals surface area contributed by atoms with Crippen molar-refractivity contribution in [3.8, 4) is 11.3 Å². The van der Waals surface area contributed by atoms with Crippen molar-refractivity contribution < 1.29 is 14.1 Å². The molecular weight excluding hydrogens is 438 g/mol. The van der Waals surface area contributed by atoms with Crippen molar-refractivity contribution >= 4 is 40.3 Å². The maximum atomic E-state index is 13.2. The summed E-state index contributed by atoms with van der Waals surface area (Å²) < 4.78 is 5.88. The predicted octanol–water partition coefficient (Wildman–Crippen LogP) is 6.57. The second kappa shape index (κ2) is 9.46. The molecule has 1 atom stereocenters. The molecule has 8 heteroatoms. The van der Waals surface area contributed by atoms with Gasteiger partial charge in [-0.3, -0.25) is 19.8 Å². The Kier molecular flexibility index (Phi) is 6.46. The molecule has 2 aromatic carbocycles. The summed E-state index contributed by atoms with van der Waals surface area (Å²) >= 11 is 1.31. The molecule has 1 amide bonds. The number of nitro groups is 1. The first-order chi connectivity index (χ1) is 15.9. The fraction of sp³-hybridized carbons (Fsp3) is 0.200. The first kappa shape index (κ1) is 22.5. The quantitative estimate of drug-likeness (QED) is 0.235. The van der Waals surface area contributed by atoms with Crippen LogP contribution < -0.4 is 0 Å². The lowest BCUT2D eigenvalue weighted by Crippen LogP contribution is -2.36. The minimum atomic E-state index is -0.443. The average Bonchev–Trinajstić information content (AvgIpc) is 3.40. The molecule has 1 aliphatic rings. The van der Waals surface area contributed by atoms with Crippen molar-refractivity contribution in [2.45, 2.75) is 33.2 Å². The van der Waals surface area contributed by atoms with Crippen LogP contribution in [-0.4, -0.2) is 26.9 Å². The standard InChI is InChI=1S/C25H23N3O4S/c1-4-17(3)27-24(29)23(33-25(27)26-19-10-8-16(2)9-11-19)15-21-12-13-22(32-21)18-6-5-7-20(14-18)28(30)31/h5-15,17H,4H2,1-3H3/b23-15+,26-25?/t17-/m0/s1. The van der Waals surface area contributed by atoms with Crippen LogP contribution in [-0.2, 0) is 4.79 Å². The minimum Gasteiger partial charge on any atom is -0.457 e. The summed E-state index contributed by atoms with van der Waals surface area (Å²) in [6, 6.07) is 17.6. The van der Waals surface area contributed by atoms with Crippen LogP contribution in [0.15, 0.2) is 75.0 Å². The normalized spacial score (nSPS) is 17.2. The number of nitrogens with zero attached hydrogens (tertiary/aromatic N) is 3. The average molecular weight is 462 g/mol. The van der Waals surface area contributed by atoms with Gasteiger partial charge < -0.3 is 4.42 Å². The van der Waals surface area contributed by atoms with E-state index in [9.17, 15) is 14.9 Å². The van der Waals surface area contributed by atoms with E-state index >= 15 is 0 Å². The molecule has 1 fully saturated rings. The van der Waals surface area contributed by atoms with Gasteiger partial charge in [0.1, 0.15) is 11.5 Å². The van der Waals surface area contributed by atoms with Crippen molar-refractivity contribution in [3.63, 3.8) is 0 Å². The van der Waals surface area contributed by atoms with Crippen LogP contribution in [0.3, 0.4) is 0 Å². The molecule has 1 aromatic heterocycles. The fourth-order valence-electron chi connectivity index (χ4n) is 3.35. The second-order valence-corrected chi connectivity index (χ2v) is 8.79. The fourth-order valence-corrected chi connectivity index (χ4v) is 4.42. The summed E-state index contributed by atoms with van der Waals surface area (Å²) in [5.74, 6) is 0.870. The van der Waals surface area contributed by atoms with E-state index in [4.69, 9.17) is 9.41 Å². The first-order valence-electron chi connectivity index (χ1n) is 10.6. The molecule has 1 aliphatic heterocycles. The van der Waals surface area contributed by atoms with E-state index in [2.05, 4.69) is 0 Å². The van der Waals surface area contributed by atoms with Crippen LogP contribution in [0.4, 0.5) is 11.4 Å². The summed E-state index contributed by atoms with van der Waals surface area (Å²) in [6.07, 6.45) is 2.49. The van der Waals surface area contributed by atoms with Crippen LogP contribution >= 0.6 is 11.8 Å². The molecule has 7 nitrogen and oxygen atoms in total. The zero-order valence-electron chi connectivity index (χ0n) is 18.5. The number of nitro benzene ring substituents is 1. The molecule has 3 aromatic rings. The molecule has 0 N–H and O–H groups in total. The highest BCUT2D eigenvalue weighted by Crippen LogP contribution is 2.37. The smallest absolute Gasteiger partial charge is 0.270 e. The number of amidine groups is 1. The number of furan rings is 1. The number of carbonyl (C=O) groups excluding carboxylic acids is 1. The Morgan fingerprint density at radius 1 is 1.18 bits per heavy atom. The molecule has 0 aliphatic carbocycles. The van der Waals surface area contributed by atoms with Crippen molar-refractivity contribution in [2.75, 3.05) is 0 Å². The highest BCUT2D eigenvalue weighted by Gasteiger charge is 2.36. The van der Waals surface area contributed by atoms with Gasteiger partial charge in [-0.1, -0.05) is 36.8 Å². The van der Waals surface area contributed by atoms with Gasteiger partial charge in [-0.05, 0) is 56.3 Å². The summed E-state index contributed by atoms with van der Waals surface area (Å²) in [5, 5.41) is 11.7. The van der Waals surface area contributed by atoms with Crippen LogP contribution in [0.25, 0.3) is 17.4 Å². The van der Waals surface area contributed by atoms with Crippen molar-refractivity contribution in [1.82, 2.24) is 4.90 Å². The van der Waals surface area contributed by atoms with Crippen LogP contribution in [0.1, 0.15) is 31.6 Å². The number of rotatable bonds is 6. The first-order valence-corrected chi connectivity index (χ1v) is 11.4. The lowest BCUT2D eigenvalue weighted by atomic mass is 10.1. The molecule has 33 heavy (non-hydrogen) atoms. The van der Waals surface area contributed by atoms with E-state index in [1.807, 2.05) is 45.0 Å². The maximum Gasteiger partial charge on any atom is 0.270 e. The van der Waals surface area contributed by atoms with Gasteiger partial charge in [-0.15, -0.1) is 0 Å². The maximum absolute atomic E-state index is 13.2. The largest absolute Gasteiger partial charge is 0.457 e. The number of aliphatic imine (C=N–C) groups is 1. The Balaban J connectivity index is 1.64. The van der Waals surface area contributed by atoms with E-state index in [-0.39, 0.29) is 17.6 Å². The molecule has 0 spiro atoms. The third kappa shape index (κ3) is 4.90. The minimum absolute atomic E-state index is 0.00266. The van der Waals surface area contributed by atoms with Crippen molar-refractivity contribution in [3.05, 3.63) is 87.0 Å². The van der Waals surface area contributed by atoms with Crippen LogP contribution in [0.2, 0.25) is 0 Å². The van der Waals surface area contributed by atoms with Crippen LogP contribution in [0, 0.1) is 17.0 Å². The molecule has 0 radical (unpaired) electrons. The summed E-state index contributed by atoms with van der Waals surface area (Å²) in [5.41, 5.74) is 2.52. The number of non-ortho nitro benzene ring substituents is 1. The van der Waals surface area contributed by atoms with Gasteiger partial charge in [0, 0.05) is 29.8 Å². The van der Waals surface area contributed by atoms with Crippen molar-refractivity contribution in [2.24, 2.45) is 4.99 Å². The Morgan fingerprint density at radius 3 is 2.64 bits per heavy atom. The van der Waals surface area contributed by atoms with Gasteiger partial charge >= 0.3 is 0 Å². The molecule has 1 saturated heterocycles. The third-order valence-electron chi connectivity index (χ3n) is 5.37. The highest BCUT2D eigenvalue weighted by molar-refractivity contribution is 8.18. The highest BCUT2D eigenvalue weighted by atomic mass is 32.2. The Morgan fingerprint density at radius 2 is 1.94 bits per heavy atom. The van der Waals surface area contributed by atoms with Gasteiger partial charge in [0.2, 0.25) is 0 Å². The van der Waals surface area contributed by atoms with E-state index in [0.717, 1.165) is 17.7 Å². The van der Waals surface area contributed by atoms with E-state index in [1.54, 1.807) is 35.2 Å². The molecule has 2 heterocycles. The SMILES string of the molecule is CC[C@H](C)N1C(=O)/C(=C\c2ccc(-c3cccc([N+](=O)[O-])c3)o2)SC1=Nc1ccc(C)cc1. The predicted molar refractivity (Wildman–Crippen MR) is 131 cm³/mol. The van der Waals surface area contributed by atoms with Gasteiger partial charge in [0.05, 0.1) is 15.5 Å². The number of benzene rings is 2. The Hall–Kier alpha value is -3.65. The zero-order valence-corrected chi connectivity index (χ0v) is 19.3. The number of aryl methyl sites for hydroxylation is 1. The molecular formula is C25H23N3O4S. The molecule has 168 valence electrons. The Labute approximate surface area is 196 Å². The second-order valence-electron chi connectivity index (χ2n) is 7.78. The topological polar surface area (TPSA) is 89.0 Å². The summed E-state index contributed by atoms with van der Waals surface area (Å²) in [7, 11) is 0. The van der Waals surface area contributed by atoms with E-state index in [0.29, 0.717) is 27.2 Å². The van der Waals surface area contributed by atoms with Gasteiger partial charge in [0.15, 0.2) is 5.17 Å². The van der Waals surface area contributed by atoms with Crippen LogP contribution in [0.5, 0.6) is 0 Å². The molecule has 0 bridgehead atoms. The monoisotopic (exact) mass is 461 g/mol. The zero-order chi connectivity index (χ0) is 23.5. The van der Waals surface area contributed by atoms with Gasteiger partial charge in [0.25, 0.3) is 11.6 Å². The third-order valence-corrected chi connectivity index (χ3v) is 6.35. The number of hydrogen-bond acceptors (Lipinski definition) is 6. The number of thioether (sulfide) groups is 1. The van der Waals surface area contributed by atoms with Crippen molar-refractivity contribution in [1.29, 1.82) is 0 Å². The van der Waals surface area contributed by atoms with Gasteiger partial charge in [-0.25, -0.2) is 4.99 Å². The van der Waals surface area contributed by atoms with Gasteiger partial charge in [-0.2, -0.15) is 0 Å². The Bertz CT molecular complexity index is 1260. The summed E-state index contributed by atoms with van der Waals surface area (Å²) in [4.78, 5) is 30.8. The lowest BCUT2D eigenvalue weighted by molar-refractivity contribution is -0.384. The van der Waals surface area contributed by atoms with E-state index in [1.165, 1.54) is 23.9 Å².